The van der Waals surface area contributed by atoms with Gasteiger partial charge in [0.15, 0.2) is 0 Å². The maximum absolute atomic E-state index is 3.39. The summed E-state index contributed by atoms with van der Waals surface area (Å²) in [4.78, 5) is 7.92. The Hall–Kier alpha value is -0.420. The molecule has 1 aromatic rings. The maximum Gasteiger partial charge on any atom is 0.0327 e. The Morgan fingerprint density at radius 2 is 2.00 bits per heavy atom. The molecule has 0 spiro atoms. The van der Waals surface area contributed by atoms with E-state index in [0.717, 1.165) is 25.7 Å². The second-order valence-electron chi connectivity index (χ2n) is 5.60. The van der Waals surface area contributed by atoms with Gasteiger partial charge in [0.05, 0.1) is 0 Å². The molecular formula is C15H27N3S. The van der Waals surface area contributed by atoms with Gasteiger partial charge in [0.2, 0.25) is 0 Å². The van der Waals surface area contributed by atoms with Crippen molar-refractivity contribution in [2.45, 2.75) is 38.9 Å². The number of piperidine rings is 1. The standard InChI is InChI=1S/C15H27N3S/c1-4-16-11-14-5-6-15(19-14)12-18(3)13-7-9-17(2)10-8-13/h5-6,13,16H,4,7-12H2,1-3H3. The second-order valence-corrected chi connectivity index (χ2v) is 6.85. The van der Waals surface area contributed by atoms with Crippen LogP contribution in [0.25, 0.3) is 0 Å². The summed E-state index contributed by atoms with van der Waals surface area (Å²) in [6.45, 7) is 7.80. The number of nitrogens with zero attached hydrogens (tertiary/aromatic N) is 2. The van der Waals surface area contributed by atoms with Crippen LogP contribution in [0.5, 0.6) is 0 Å². The van der Waals surface area contributed by atoms with E-state index < -0.39 is 0 Å². The van der Waals surface area contributed by atoms with Crippen molar-refractivity contribution in [3.05, 3.63) is 21.9 Å². The summed E-state index contributed by atoms with van der Waals surface area (Å²) >= 11 is 1.95. The molecule has 0 unspecified atom stereocenters. The zero-order valence-electron chi connectivity index (χ0n) is 12.5. The van der Waals surface area contributed by atoms with Crippen LogP contribution in [-0.2, 0) is 13.1 Å². The third-order valence-electron chi connectivity index (χ3n) is 3.98. The number of likely N-dealkylation sites (tertiary alicyclic amines) is 1. The van der Waals surface area contributed by atoms with Crippen LogP contribution >= 0.6 is 11.3 Å². The third kappa shape index (κ3) is 4.56. The molecule has 1 fully saturated rings. The first-order chi connectivity index (χ1) is 9.19. The molecule has 0 saturated carbocycles. The number of nitrogens with one attached hydrogen (secondary N) is 1. The van der Waals surface area contributed by atoms with Gasteiger partial charge in [-0.05, 0) is 58.7 Å². The molecule has 0 radical (unpaired) electrons. The van der Waals surface area contributed by atoms with Gasteiger partial charge >= 0.3 is 0 Å². The van der Waals surface area contributed by atoms with Gasteiger partial charge in [-0.1, -0.05) is 6.92 Å². The van der Waals surface area contributed by atoms with Crippen LogP contribution in [0.2, 0.25) is 0 Å². The monoisotopic (exact) mass is 281 g/mol. The van der Waals surface area contributed by atoms with Crippen LogP contribution in [-0.4, -0.2) is 49.6 Å². The fourth-order valence-corrected chi connectivity index (χ4v) is 3.71. The minimum atomic E-state index is 0.760. The van der Waals surface area contributed by atoms with E-state index in [2.05, 4.69) is 48.3 Å². The fraction of sp³-hybridized carbons (Fsp3) is 0.733. The zero-order chi connectivity index (χ0) is 13.7. The summed E-state index contributed by atoms with van der Waals surface area (Å²) in [5, 5.41) is 3.39. The van der Waals surface area contributed by atoms with Gasteiger partial charge in [-0.2, -0.15) is 0 Å². The molecule has 1 N–H and O–H groups in total. The highest BCUT2D eigenvalue weighted by Gasteiger charge is 2.20. The average Bonchev–Trinajstić information content (AvgIpc) is 2.84. The first-order valence-electron chi connectivity index (χ1n) is 7.36. The van der Waals surface area contributed by atoms with Gasteiger partial charge in [-0.3, -0.25) is 4.90 Å². The third-order valence-corrected chi connectivity index (χ3v) is 5.05. The van der Waals surface area contributed by atoms with Crippen molar-refractivity contribution in [3.8, 4) is 0 Å². The van der Waals surface area contributed by atoms with Gasteiger partial charge in [-0.15, -0.1) is 11.3 Å². The predicted octanol–water partition coefficient (Wildman–Crippen LogP) is 2.38. The molecule has 0 atom stereocenters. The Morgan fingerprint density at radius 1 is 1.32 bits per heavy atom. The van der Waals surface area contributed by atoms with E-state index in [0.29, 0.717) is 0 Å². The molecule has 1 aliphatic rings. The highest BCUT2D eigenvalue weighted by molar-refractivity contribution is 7.11. The Morgan fingerprint density at radius 3 is 2.68 bits per heavy atom. The Balaban J connectivity index is 1.81. The minimum Gasteiger partial charge on any atom is -0.312 e. The molecule has 4 heteroatoms. The van der Waals surface area contributed by atoms with Crippen molar-refractivity contribution in [1.82, 2.24) is 15.1 Å². The highest BCUT2D eigenvalue weighted by Crippen LogP contribution is 2.21. The molecule has 0 amide bonds. The van der Waals surface area contributed by atoms with Gasteiger partial charge in [0, 0.05) is 28.9 Å². The lowest BCUT2D eigenvalue weighted by Crippen LogP contribution is -2.41. The second kappa shape index (κ2) is 7.39. The van der Waals surface area contributed by atoms with E-state index >= 15 is 0 Å². The normalized spacial score (nSPS) is 18.3. The van der Waals surface area contributed by atoms with Crippen molar-refractivity contribution in [1.29, 1.82) is 0 Å². The largest absolute Gasteiger partial charge is 0.312 e. The number of rotatable bonds is 6. The summed E-state index contributed by atoms with van der Waals surface area (Å²) in [5.41, 5.74) is 0. The lowest BCUT2D eigenvalue weighted by Gasteiger charge is -2.34. The smallest absolute Gasteiger partial charge is 0.0327 e. The molecule has 3 nitrogen and oxygen atoms in total. The fourth-order valence-electron chi connectivity index (χ4n) is 2.66. The van der Waals surface area contributed by atoms with Crippen LogP contribution in [0, 0.1) is 0 Å². The van der Waals surface area contributed by atoms with E-state index in [1.807, 2.05) is 11.3 Å². The van der Waals surface area contributed by atoms with Crippen molar-refractivity contribution in [2.75, 3.05) is 33.7 Å². The van der Waals surface area contributed by atoms with E-state index in [4.69, 9.17) is 0 Å². The first kappa shape index (κ1) is 15.0. The molecule has 0 aromatic carbocycles. The molecule has 2 rings (SSSR count). The molecule has 0 aliphatic carbocycles. The Labute approximate surface area is 121 Å². The van der Waals surface area contributed by atoms with Crippen molar-refractivity contribution in [2.24, 2.45) is 0 Å². The van der Waals surface area contributed by atoms with Gasteiger partial charge in [0.1, 0.15) is 0 Å². The molecular weight excluding hydrogens is 254 g/mol. The summed E-state index contributed by atoms with van der Waals surface area (Å²) in [5.74, 6) is 0. The SMILES string of the molecule is CCNCc1ccc(CN(C)C2CCN(C)CC2)s1. The quantitative estimate of drug-likeness (QED) is 0.864. The highest BCUT2D eigenvalue weighted by atomic mass is 32.1. The van der Waals surface area contributed by atoms with Crippen LogP contribution in [0.1, 0.15) is 29.5 Å². The van der Waals surface area contributed by atoms with Crippen LogP contribution < -0.4 is 5.32 Å². The van der Waals surface area contributed by atoms with E-state index in [-0.39, 0.29) is 0 Å². The predicted molar refractivity (Wildman–Crippen MR) is 83.7 cm³/mol. The molecule has 1 saturated heterocycles. The molecule has 1 aliphatic heterocycles. The summed E-state index contributed by atoms with van der Waals surface area (Å²) in [6, 6.07) is 5.32. The minimum absolute atomic E-state index is 0.760. The van der Waals surface area contributed by atoms with Crippen molar-refractivity contribution >= 4 is 11.3 Å². The molecule has 108 valence electrons. The lowest BCUT2D eigenvalue weighted by atomic mass is 10.0. The zero-order valence-corrected chi connectivity index (χ0v) is 13.3. The molecule has 2 heterocycles. The van der Waals surface area contributed by atoms with Gasteiger partial charge < -0.3 is 10.2 Å². The van der Waals surface area contributed by atoms with E-state index in [1.54, 1.807) is 0 Å². The topological polar surface area (TPSA) is 18.5 Å². The molecule has 19 heavy (non-hydrogen) atoms. The van der Waals surface area contributed by atoms with Crippen molar-refractivity contribution in [3.63, 3.8) is 0 Å². The number of hydrogen-bond acceptors (Lipinski definition) is 4. The molecule has 0 bridgehead atoms. The number of thiophene rings is 1. The summed E-state index contributed by atoms with van der Waals surface area (Å²) < 4.78 is 0. The first-order valence-corrected chi connectivity index (χ1v) is 8.17. The van der Waals surface area contributed by atoms with Gasteiger partial charge in [-0.25, -0.2) is 0 Å². The molecule has 1 aromatic heterocycles. The Bertz CT molecular complexity index is 369. The van der Waals surface area contributed by atoms with Crippen LogP contribution in [0.4, 0.5) is 0 Å². The summed E-state index contributed by atoms with van der Waals surface area (Å²) in [7, 11) is 4.50. The average molecular weight is 281 g/mol. The van der Waals surface area contributed by atoms with Crippen LogP contribution in [0.15, 0.2) is 12.1 Å². The number of hydrogen-bond donors (Lipinski definition) is 1. The Kier molecular flexibility index (Phi) is 5.82. The van der Waals surface area contributed by atoms with Gasteiger partial charge in [0.25, 0.3) is 0 Å². The van der Waals surface area contributed by atoms with Crippen LogP contribution in [0.3, 0.4) is 0 Å². The summed E-state index contributed by atoms with van der Waals surface area (Å²) in [6.07, 6.45) is 2.62. The van der Waals surface area contributed by atoms with E-state index in [1.165, 1.54) is 35.7 Å². The lowest BCUT2D eigenvalue weighted by molar-refractivity contribution is 0.140. The van der Waals surface area contributed by atoms with E-state index in [9.17, 15) is 0 Å². The van der Waals surface area contributed by atoms with Crippen molar-refractivity contribution < 1.29 is 0 Å². The maximum atomic E-state index is 3.39.